The van der Waals surface area contributed by atoms with Gasteiger partial charge < -0.3 is 0 Å². The van der Waals surface area contributed by atoms with Crippen LogP contribution in [0.4, 0.5) is 4.39 Å². The Labute approximate surface area is 108 Å². The first-order chi connectivity index (χ1) is 8.03. The number of sulfonamides is 1. The highest BCUT2D eigenvalue weighted by Crippen LogP contribution is 2.22. The van der Waals surface area contributed by atoms with E-state index in [4.69, 9.17) is 0 Å². The summed E-state index contributed by atoms with van der Waals surface area (Å²) in [7, 11) is -3.59. The molecule has 0 saturated carbocycles. The molecule has 0 heterocycles. The fraction of sp³-hybridized carbons (Fsp3) is 0.538. The number of aryl methyl sites for hydroxylation is 2. The molecule has 0 aliphatic carbocycles. The molecule has 0 saturated heterocycles. The Hall–Kier alpha value is -0.940. The van der Waals surface area contributed by atoms with E-state index in [0.717, 1.165) is 0 Å². The lowest BCUT2D eigenvalue weighted by atomic mass is 9.98. The van der Waals surface area contributed by atoms with Crippen molar-refractivity contribution in [2.24, 2.45) is 5.41 Å². The fourth-order valence-electron chi connectivity index (χ4n) is 1.70. The average molecular weight is 273 g/mol. The van der Waals surface area contributed by atoms with Crippen molar-refractivity contribution in [1.29, 1.82) is 0 Å². The molecule has 0 radical (unpaired) electrons. The van der Waals surface area contributed by atoms with Crippen molar-refractivity contribution in [1.82, 2.24) is 4.72 Å². The molecule has 0 atom stereocenters. The molecule has 102 valence electrons. The van der Waals surface area contributed by atoms with E-state index in [9.17, 15) is 12.8 Å². The predicted molar refractivity (Wildman–Crippen MR) is 70.5 cm³/mol. The lowest BCUT2D eigenvalue weighted by Crippen LogP contribution is -2.33. The number of rotatable bonds is 3. The molecule has 0 fully saturated rings. The monoisotopic (exact) mass is 273 g/mol. The van der Waals surface area contributed by atoms with Crippen LogP contribution in [0.25, 0.3) is 0 Å². The molecule has 0 aliphatic heterocycles. The summed E-state index contributed by atoms with van der Waals surface area (Å²) in [4.78, 5) is 0.174. The van der Waals surface area contributed by atoms with Crippen LogP contribution in [-0.2, 0) is 10.0 Å². The summed E-state index contributed by atoms with van der Waals surface area (Å²) in [6.07, 6.45) is 0. The highest BCUT2D eigenvalue weighted by molar-refractivity contribution is 7.89. The summed E-state index contributed by atoms with van der Waals surface area (Å²) in [6.45, 7) is 9.37. The van der Waals surface area contributed by atoms with Crippen LogP contribution >= 0.6 is 0 Å². The molecule has 18 heavy (non-hydrogen) atoms. The largest absolute Gasteiger partial charge is 0.241 e. The first-order valence-electron chi connectivity index (χ1n) is 5.79. The molecule has 0 bridgehead atoms. The third-order valence-corrected chi connectivity index (χ3v) is 4.19. The summed E-state index contributed by atoms with van der Waals surface area (Å²) in [5, 5.41) is 0. The fourth-order valence-corrected chi connectivity index (χ4v) is 3.44. The Morgan fingerprint density at radius 2 is 1.61 bits per heavy atom. The highest BCUT2D eigenvalue weighted by atomic mass is 32.2. The maximum absolute atomic E-state index is 13.2. The Morgan fingerprint density at radius 3 is 2.00 bits per heavy atom. The Morgan fingerprint density at radius 1 is 1.17 bits per heavy atom. The minimum atomic E-state index is -3.59. The van der Waals surface area contributed by atoms with Gasteiger partial charge in [-0.1, -0.05) is 20.8 Å². The van der Waals surface area contributed by atoms with Gasteiger partial charge >= 0.3 is 0 Å². The third kappa shape index (κ3) is 3.78. The van der Waals surface area contributed by atoms with Crippen LogP contribution in [0, 0.1) is 25.1 Å². The summed E-state index contributed by atoms with van der Waals surface area (Å²) >= 11 is 0. The van der Waals surface area contributed by atoms with Gasteiger partial charge in [-0.2, -0.15) is 0 Å². The molecule has 0 aliphatic rings. The SMILES string of the molecule is Cc1cc(F)cc(C)c1S(=O)(=O)NCC(C)(C)C. The molecule has 0 spiro atoms. The Balaban J connectivity index is 3.14. The summed E-state index contributed by atoms with van der Waals surface area (Å²) in [5.74, 6) is -0.417. The van der Waals surface area contributed by atoms with E-state index in [0.29, 0.717) is 17.7 Å². The van der Waals surface area contributed by atoms with Crippen LogP contribution in [0.2, 0.25) is 0 Å². The van der Waals surface area contributed by atoms with Crippen molar-refractivity contribution >= 4 is 10.0 Å². The summed E-state index contributed by atoms with van der Waals surface area (Å²) < 4.78 is 40.1. The van der Waals surface area contributed by atoms with E-state index >= 15 is 0 Å². The van der Waals surface area contributed by atoms with E-state index in [-0.39, 0.29) is 10.3 Å². The minimum absolute atomic E-state index is 0.144. The Kier molecular flexibility index (Phi) is 4.18. The highest BCUT2D eigenvalue weighted by Gasteiger charge is 2.22. The van der Waals surface area contributed by atoms with E-state index in [1.54, 1.807) is 13.8 Å². The number of hydrogen-bond acceptors (Lipinski definition) is 2. The third-order valence-electron chi connectivity index (χ3n) is 2.49. The molecule has 1 aromatic rings. The first kappa shape index (κ1) is 15.1. The zero-order valence-corrected chi connectivity index (χ0v) is 12.3. The first-order valence-corrected chi connectivity index (χ1v) is 7.28. The molecule has 0 aromatic heterocycles. The van der Waals surface area contributed by atoms with Crippen LogP contribution in [0.3, 0.4) is 0 Å². The second-order valence-corrected chi connectivity index (χ2v) is 7.46. The van der Waals surface area contributed by atoms with Crippen LogP contribution in [0.5, 0.6) is 0 Å². The van der Waals surface area contributed by atoms with Gasteiger partial charge in [0.1, 0.15) is 5.82 Å². The Bertz CT molecular complexity index is 522. The summed E-state index contributed by atoms with van der Waals surface area (Å²) in [6, 6.07) is 2.47. The molecular formula is C13H20FNO2S. The maximum Gasteiger partial charge on any atom is 0.241 e. The van der Waals surface area contributed by atoms with Gasteiger partial charge in [0.05, 0.1) is 4.90 Å². The van der Waals surface area contributed by atoms with Crippen LogP contribution in [0.1, 0.15) is 31.9 Å². The quantitative estimate of drug-likeness (QED) is 0.920. The second-order valence-electron chi connectivity index (χ2n) is 5.75. The average Bonchev–Trinajstić information content (AvgIpc) is 2.11. The van der Waals surface area contributed by atoms with Gasteiger partial charge in [-0.05, 0) is 42.5 Å². The van der Waals surface area contributed by atoms with Gasteiger partial charge in [0.2, 0.25) is 10.0 Å². The zero-order chi connectivity index (χ0) is 14.1. The van der Waals surface area contributed by atoms with Gasteiger partial charge in [-0.15, -0.1) is 0 Å². The minimum Gasteiger partial charge on any atom is -0.211 e. The predicted octanol–water partition coefficient (Wildman–Crippen LogP) is 2.77. The van der Waals surface area contributed by atoms with Gasteiger partial charge in [0, 0.05) is 6.54 Å². The van der Waals surface area contributed by atoms with Crippen LogP contribution < -0.4 is 4.72 Å². The number of hydrogen-bond donors (Lipinski definition) is 1. The van der Waals surface area contributed by atoms with Gasteiger partial charge in [-0.25, -0.2) is 17.5 Å². The lowest BCUT2D eigenvalue weighted by molar-refractivity contribution is 0.407. The molecule has 1 N–H and O–H groups in total. The maximum atomic E-state index is 13.2. The number of benzene rings is 1. The lowest BCUT2D eigenvalue weighted by Gasteiger charge is -2.20. The molecule has 0 unspecified atom stereocenters. The molecule has 1 aromatic carbocycles. The van der Waals surface area contributed by atoms with Crippen molar-refractivity contribution < 1.29 is 12.8 Å². The van der Waals surface area contributed by atoms with Crippen LogP contribution in [-0.4, -0.2) is 15.0 Å². The van der Waals surface area contributed by atoms with Gasteiger partial charge in [-0.3, -0.25) is 0 Å². The topological polar surface area (TPSA) is 46.2 Å². The van der Waals surface area contributed by atoms with Crippen LogP contribution in [0.15, 0.2) is 17.0 Å². The van der Waals surface area contributed by atoms with Gasteiger partial charge in [0.15, 0.2) is 0 Å². The van der Waals surface area contributed by atoms with Crippen molar-refractivity contribution in [2.75, 3.05) is 6.54 Å². The van der Waals surface area contributed by atoms with E-state index in [1.165, 1.54) is 12.1 Å². The molecule has 0 amide bonds. The van der Waals surface area contributed by atoms with Crippen molar-refractivity contribution in [2.45, 2.75) is 39.5 Å². The second kappa shape index (κ2) is 4.97. The number of nitrogens with one attached hydrogen (secondary N) is 1. The van der Waals surface area contributed by atoms with Crippen molar-refractivity contribution in [3.63, 3.8) is 0 Å². The molecule has 1 rings (SSSR count). The van der Waals surface area contributed by atoms with E-state index < -0.39 is 15.8 Å². The van der Waals surface area contributed by atoms with Crippen molar-refractivity contribution in [3.05, 3.63) is 29.1 Å². The normalized spacial score (nSPS) is 12.8. The molecule has 5 heteroatoms. The molecular weight excluding hydrogens is 253 g/mol. The number of halogens is 1. The van der Waals surface area contributed by atoms with Crippen molar-refractivity contribution in [3.8, 4) is 0 Å². The molecule has 3 nitrogen and oxygen atoms in total. The van der Waals surface area contributed by atoms with E-state index in [2.05, 4.69) is 4.72 Å². The standard InChI is InChI=1S/C13H20FNO2S/c1-9-6-11(14)7-10(2)12(9)18(16,17)15-8-13(3,4)5/h6-7,15H,8H2,1-5H3. The summed E-state index contributed by atoms with van der Waals surface area (Å²) in [5.41, 5.74) is 0.706. The smallest absolute Gasteiger partial charge is 0.211 e. The van der Waals surface area contributed by atoms with Gasteiger partial charge in [0.25, 0.3) is 0 Å². The zero-order valence-electron chi connectivity index (χ0n) is 11.5. The van der Waals surface area contributed by atoms with E-state index in [1.807, 2.05) is 20.8 Å².